The van der Waals surface area contributed by atoms with E-state index in [4.69, 9.17) is 4.74 Å². The van der Waals surface area contributed by atoms with Gasteiger partial charge in [0.15, 0.2) is 0 Å². The van der Waals surface area contributed by atoms with Crippen molar-refractivity contribution in [2.45, 2.75) is 83.7 Å². The molecule has 1 heterocycles. The second-order valence-electron chi connectivity index (χ2n) is 4.91. The second kappa shape index (κ2) is 8.60. The van der Waals surface area contributed by atoms with Crippen molar-refractivity contribution in [3.05, 3.63) is 0 Å². The van der Waals surface area contributed by atoms with Gasteiger partial charge in [0.25, 0.3) is 0 Å². The minimum Gasteiger partial charge on any atom is -0.462 e. The summed E-state index contributed by atoms with van der Waals surface area (Å²) in [5.41, 5.74) is 0. The van der Waals surface area contributed by atoms with E-state index in [0.717, 1.165) is 12.8 Å². The van der Waals surface area contributed by atoms with Crippen LogP contribution in [0.25, 0.3) is 0 Å². The predicted octanol–water partition coefficient (Wildman–Crippen LogP) is 4.22. The van der Waals surface area contributed by atoms with Crippen LogP contribution in [0.3, 0.4) is 0 Å². The summed E-state index contributed by atoms with van der Waals surface area (Å²) >= 11 is 0. The molecule has 0 N–H and O–H groups in total. The van der Waals surface area contributed by atoms with E-state index >= 15 is 0 Å². The number of carbonyl (C=O) groups is 1. The van der Waals surface area contributed by atoms with E-state index in [1.165, 1.54) is 51.4 Å². The first-order valence-electron chi connectivity index (χ1n) is 7.02. The summed E-state index contributed by atoms with van der Waals surface area (Å²) in [5, 5.41) is 0. The molecule has 0 radical (unpaired) electrons. The first kappa shape index (κ1) is 13.5. The van der Waals surface area contributed by atoms with E-state index in [0.29, 0.717) is 6.42 Å². The van der Waals surface area contributed by atoms with E-state index in [2.05, 4.69) is 6.92 Å². The van der Waals surface area contributed by atoms with Crippen LogP contribution < -0.4 is 0 Å². The molecule has 1 fully saturated rings. The standard InChI is InChI=1S/C14H26O2/c1-2-3-4-5-6-7-8-9-10-13-11-12-14(15)16-13/h13H,2-12H2,1H3/t13-/m0/s1. The lowest BCUT2D eigenvalue weighted by Crippen LogP contribution is -2.06. The molecule has 1 aliphatic heterocycles. The number of rotatable bonds is 9. The van der Waals surface area contributed by atoms with Crippen molar-refractivity contribution in [3.63, 3.8) is 0 Å². The number of cyclic esters (lactones) is 1. The minimum atomic E-state index is 0.00423. The fourth-order valence-electron chi connectivity index (χ4n) is 2.29. The lowest BCUT2D eigenvalue weighted by Gasteiger charge is -2.08. The topological polar surface area (TPSA) is 26.3 Å². The van der Waals surface area contributed by atoms with Crippen LogP contribution in [0, 0.1) is 0 Å². The highest BCUT2D eigenvalue weighted by Gasteiger charge is 2.22. The number of esters is 1. The van der Waals surface area contributed by atoms with E-state index in [1.807, 2.05) is 0 Å². The fraction of sp³-hybridized carbons (Fsp3) is 0.929. The molecular formula is C14H26O2. The maximum atomic E-state index is 10.9. The van der Waals surface area contributed by atoms with Crippen LogP contribution in [0.1, 0.15) is 77.6 Å². The van der Waals surface area contributed by atoms with Crippen LogP contribution in [0.2, 0.25) is 0 Å². The summed E-state index contributed by atoms with van der Waals surface area (Å²) in [6.45, 7) is 2.25. The number of unbranched alkanes of at least 4 members (excludes halogenated alkanes) is 7. The van der Waals surface area contributed by atoms with Gasteiger partial charge in [0.05, 0.1) is 0 Å². The average Bonchev–Trinajstić information content (AvgIpc) is 2.68. The van der Waals surface area contributed by atoms with Gasteiger partial charge in [-0.3, -0.25) is 4.79 Å². The molecule has 0 aliphatic carbocycles. The number of hydrogen-bond acceptors (Lipinski definition) is 2. The van der Waals surface area contributed by atoms with Crippen molar-refractivity contribution in [3.8, 4) is 0 Å². The van der Waals surface area contributed by atoms with Crippen LogP contribution >= 0.6 is 0 Å². The molecule has 0 aromatic carbocycles. The van der Waals surface area contributed by atoms with Gasteiger partial charge >= 0.3 is 5.97 Å². The van der Waals surface area contributed by atoms with Gasteiger partial charge in [-0.1, -0.05) is 51.9 Å². The molecule has 2 nitrogen and oxygen atoms in total. The largest absolute Gasteiger partial charge is 0.462 e. The van der Waals surface area contributed by atoms with Gasteiger partial charge in [0, 0.05) is 6.42 Å². The van der Waals surface area contributed by atoms with Crippen molar-refractivity contribution >= 4 is 5.97 Å². The van der Waals surface area contributed by atoms with Gasteiger partial charge in [0.2, 0.25) is 0 Å². The van der Waals surface area contributed by atoms with E-state index in [9.17, 15) is 4.79 Å². The molecule has 0 saturated carbocycles. The minimum absolute atomic E-state index is 0.00423. The zero-order valence-electron chi connectivity index (χ0n) is 10.7. The Balaban J connectivity index is 1.79. The third kappa shape index (κ3) is 6.14. The van der Waals surface area contributed by atoms with Crippen LogP contribution in [0.4, 0.5) is 0 Å². The smallest absolute Gasteiger partial charge is 0.306 e. The molecule has 0 aromatic rings. The molecule has 0 amide bonds. The molecule has 0 aromatic heterocycles. The van der Waals surface area contributed by atoms with Crippen molar-refractivity contribution < 1.29 is 9.53 Å². The Morgan fingerprint density at radius 2 is 1.69 bits per heavy atom. The van der Waals surface area contributed by atoms with E-state index in [-0.39, 0.29) is 12.1 Å². The van der Waals surface area contributed by atoms with Gasteiger partial charge in [0.1, 0.15) is 6.10 Å². The predicted molar refractivity (Wildman–Crippen MR) is 66.3 cm³/mol. The molecule has 2 heteroatoms. The van der Waals surface area contributed by atoms with Gasteiger partial charge in [-0.2, -0.15) is 0 Å². The molecule has 1 aliphatic rings. The van der Waals surface area contributed by atoms with Gasteiger partial charge in [-0.25, -0.2) is 0 Å². The van der Waals surface area contributed by atoms with Gasteiger partial charge in [-0.05, 0) is 19.3 Å². The monoisotopic (exact) mass is 226 g/mol. The lowest BCUT2D eigenvalue weighted by molar-refractivity contribution is -0.141. The molecule has 1 atom stereocenters. The molecule has 0 unspecified atom stereocenters. The fourth-order valence-corrected chi connectivity index (χ4v) is 2.29. The average molecular weight is 226 g/mol. The lowest BCUT2D eigenvalue weighted by atomic mass is 10.0. The SMILES string of the molecule is CCCCCCCCCC[C@H]1CCC(=O)O1. The molecule has 1 saturated heterocycles. The number of carbonyl (C=O) groups excluding carboxylic acids is 1. The van der Waals surface area contributed by atoms with Crippen LogP contribution in [0.5, 0.6) is 0 Å². The highest BCUT2D eigenvalue weighted by molar-refractivity contribution is 5.71. The summed E-state index contributed by atoms with van der Waals surface area (Å²) in [4.78, 5) is 10.9. The van der Waals surface area contributed by atoms with Crippen molar-refractivity contribution in [1.82, 2.24) is 0 Å². The van der Waals surface area contributed by atoms with Crippen LogP contribution in [-0.2, 0) is 9.53 Å². The van der Waals surface area contributed by atoms with Crippen molar-refractivity contribution in [1.29, 1.82) is 0 Å². The first-order valence-corrected chi connectivity index (χ1v) is 7.02. The Bertz CT molecular complexity index is 189. The van der Waals surface area contributed by atoms with Crippen molar-refractivity contribution in [2.75, 3.05) is 0 Å². The van der Waals surface area contributed by atoms with Crippen LogP contribution in [0.15, 0.2) is 0 Å². The number of hydrogen-bond donors (Lipinski definition) is 0. The third-order valence-electron chi connectivity index (χ3n) is 3.35. The Kier molecular flexibility index (Phi) is 7.28. The van der Waals surface area contributed by atoms with Gasteiger partial charge in [-0.15, -0.1) is 0 Å². The Morgan fingerprint density at radius 3 is 2.25 bits per heavy atom. The maximum Gasteiger partial charge on any atom is 0.306 e. The summed E-state index contributed by atoms with van der Waals surface area (Å²) in [5.74, 6) is 0.00423. The molecule has 0 bridgehead atoms. The third-order valence-corrected chi connectivity index (χ3v) is 3.35. The zero-order valence-corrected chi connectivity index (χ0v) is 10.7. The Hall–Kier alpha value is -0.530. The second-order valence-corrected chi connectivity index (χ2v) is 4.91. The normalized spacial score (nSPS) is 20.1. The van der Waals surface area contributed by atoms with Crippen molar-refractivity contribution in [2.24, 2.45) is 0 Å². The maximum absolute atomic E-state index is 10.9. The summed E-state index contributed by atoms with van der Waals surface area (Å²) in [6, 6.07) is 0. The summed E-state index contributed by atoms with van der Waals surface area (Å²) < 4.78 is 5.18. The van der Waals surface area contributed by atoms with E-state index in [1.54, 1.807) is 0 Å². The van der Waals surface area contributed by atoms with Crippen LogP contribution in [-0.4, -0.2) is 12.1 Å². The highest BCUT2D eigenvalue weighted by atomic mass is 16.5. The highest BCUT2D eigenvalue weighted by Crippen LogP contribution is 2.20. The summed E-state index contributed by atoms with van der Waals surface area (Å²) in [6.07, 6.45) is 13.7. The van der Waals surface area contributed by atoms with Gasteiger partial charge < -0.3 is 4.74 Å². The zero-order chi connectivity index (χ0) is 11.6. The van der Waals surface area contributed by atoms with E-state index < -0.39 is 0 Å². The number of ether oxygens (including phenoxy) is 1. The molecular weight excluding hydrogens is 200 g/mol. The Labute approximate surface area is 99.8 Å². The Morgan fingerprint density at radius 1 is 1.06 bits per heavy atom. The molecule has 1 rings (SSSR count). The molecule has 0 spiro atoms. The quantitative estimate of drug-likeness (QED) is 0.434. The molecule has 94 valence electrons. The summed E-state index contributed by atoms with van der Waals surface area (Å²) in [7, 11) is 0. The molecule has 16 heavy (non-hydrogen) atoms. The first-order chi connectivity index (χ1) is 7.83.